The van der Waals surface area contributed by atoms with Crippen molar-refractivity contribution in [3.8, 4) is 0 Å². The van der Waals surface area contributed by atoms with E-state index in [0.29, 0.717) is 6.42 Å². The molecule has 0 N–H and O–H groups in total. The van der Waals surface area contributed by atoms with Crippen LogP contribution in [0.25, 0.3) is 0 Å². The van der Waals surface area contributed by atoms with Crippen molar-refractivity contribution in [3.63, 3.8) is 0 Å². The van der Waals surface area contributed by atoms with Crippen LogP contribution in [0.15, 0.2) is 0 Å². The summed E-state index contributed by atoms with van der Waals surface area (Å²) in [6.45, 7) is 8.70. The van der Waals surface area contributed by atoms with Crippen LogP contribution in [0.3, 0.4) is 0 Å². The zero-order valence-electron chi connectivity index (χ0n) is 9.11. The smallest absolute Gasteiger partial charge is 0.260 e. The predicted molar refractivity (Wildman–Crippen MR) is 52.2 cm³/mol. The van der Waals surface area contributed by atoms with Crippen LogP contribution in [0.5, 0.6) is 0 Å². The second kappa shape index (κ2) is 5.53. The molecule has 0 spiro atoms. The molecule has 1 aliphatic heterocycles. The van der Waals surface area contributed by atoms with Gasteiger partial charge >= 0.3 is 0 Å². The summed E-state index contributed by atoms with van der Waals surface area (Å²) in [6.07, 6.45) is 0.696. The van der Waals surface area contributed by atoms with Crippen molar-refractivity contribution in [2.45, 2.75) is 52.5 Å². The Bertz CT molecular complexity index is 135. The number of hydrogen-bond acceptors (Lipinski definition) is 1. The lowest BCUT2D eigenvalue weighted by atomic mass is 10.1. The van der Waals surface area contributed by atoms with Gasteiger partial charge in [0.25, 0.3) is 5.92 Å². The van der Waals surface area contributed by atoms with Gasteiger partial charge in [0.1, 0.15) is 0 Å². The molecule has 0 aromatic rings. The summed E-state index contributed by atoms with van der Waals surface area (Å²) >= 11 is 0. The van der Waals surface area contributed by atoms with Crippen molar-refractivity contribution in [1.82, 2.24) is 4.90 Å². The number of alkyl halides is 2. The fourth-order valence-corrected chi connectivity index (χ4v) is 1.44. The molecule has 0 bridgehead atoms. The van der Waals surface area contributed by atoms with Crippen LogP contribution in [0.2, 0.25) is 0 Å². The van der Waals surface area contributed by atoms with Crippen LogP contribution in [0, 0.1) is 0 Å². The van der Waals surface area contributed by atoms with Gasteiger partial charge in [-0.05, 0) is 26.8 Å². The monoisotopic (exact) mass is 193 g/mol. The Hall–Kier alpha value is -0.180. The number of likely N-dealkylation sites (tertiary alicyclic amines) is 1. The van der Waals surface area contributed by atoms with Gasteiger partial charge in [0.2, 0.25) is 0 Å². The summed E-state index contributed by atoms with van der Waals surface area (Å²) in [7, 11) is 0. The molecule has 0 amide bonds. The van der Waals surface area contributed by atoms with E-state index in [1.165, 1.54) is 0 Å². The summed E-state index contributed by atoms with van der Waals surface area (Å²) in [5.41, 5.74) is 0. The molecule has 1 fully saturated rings. The summed E-state index contributed by atoms with van der Waals surface area (Å²) in [5, 5.41) is 0. The molecule has 0 radical (unpaired) electrons. The first-order valence-corrected chi connectivity index (χ1v) is 5.13. The predicted octanol–water partition coefficient (Wildman–Crippen LogP) is 3.15. The average molecular weight is 193 g/mol. The van der Waals surface area contributed by atoms with Gasteiger partial charge in [0.05, 0.1) is 6.54 Å². The first-order chi connectivity index (χ1) is 6.01. The van der Waals surface area contributed by atoms with E-state index in [1.807, 2.05) is 32.6 Å². The van der Waals surface area contributed by atoms with Crippen LogP contribution >= 0.6 is 0 Å². The van der Waals surface area contributed by atoms with Crippen LogP contribution in [0.4, 0.5) is 8.78 Å². The Kier molecular flexibility index (Phi) is 5.45. The minimum absolute atomic E-state index is 0.0509. The molecule has 0 saturated carbocycles. The van der Waals surface area contributed by atoms with E-state index in [0.717, 1.165) is 6.54 Å². The second-order valence-electron chi connectivity index (χ2n) is 3.52. The molecule has 1 rings (SSSR count). The van der Waals surface area contributed by atoms with Gasteiger partial charge in [-0.1, -0.05) is 13.8 Å². The van der Waals surface area contributed by atoms with Gasteiger partial charge in [-0.2, -0.15) is 0 Å². The molecule has 0 atom stereocenters. The minimum Gasteiger partial charge on any atom is -0.295 e. The maximum Gasteiger partial charge on any atom is 0.260 e. The fourth-order valence-electron chi connectivity index (χ4n) is 1.44. The number of rotatable bonds is 1. The lowest BCUT2D eigenvalue weighted by molar-refractivity contribution is -0.0715. The van der Waals surface area contributed by atoms with Crippen molar-refractivity contribution in [1.29, 1.82) is 0 Å². The molecular weight excluding hydrogens is 172 g/mol. The van der Waals surface area contributed by atoms with E-state index in [9.17, 15) is 8.78 Å². The second-order valence-corrected chi connectivity index (χ2v) is 3.52. The van der Waals surface area contributed by atoms with Crippen LogP contribution < -0.4 is 0 Å². The molecular formula is C10H21F2N. The van der Waals surface area contributed by atoms with Gasteiger partial charge < -0.3 is 0 Å². The lowest BCUT2D eigenvalue weighted by Gasteiger charge is -2.34. The number of piperidine rings is 1. The van der Waals surface area contributed by atoms with Gasteiger partial charge in [0, 0.05) is 12.5 Å². The Morgan fingerprint density at radius 1 is 1.23 bits per heavy atom. The normalized spacial score (nSPS) is 22.4. The molecule has 13 heavy (non-hydrogen) atoms. The molecule has 1 heterocycles. The van der Waals surface area contributed by atoms with E-state index >= 15 is 0 Å². The molecule has 1 saturated heterocycles. The van der Waals surface area contributed by atoms with E-state index < -0.39 is 5.92 Å². The molecule has 1 aliphatic rings. The lowest BCUT2D eigenvalue weighted by Crippen LogP contribution is -2.45. The van der Waals surface area contributed by atoms with Gasteiger partial charge in [0.15, 0.2) is 0 Å². The number of nitrogens with zero attached hydrogens (tertiary/aromatic N) is 1. The van der Waals surface area contributed by atoms with Crippen molar-refractivity contribution in [2.24, 2.45) is 0 Å². The molecule has 0 aromatic carbocycles. The summed E-state index contributed by atoms with van der Waals surface area (Å²) in [5.74, 6) is -2.44. The first kappa shape index (κ1) is 12.8. The number of halogens is 2. The number of hydrogen-bond donors (Lipinski definition) is 0. The van der Waals surface area contributed by atoms with Gasteiger partial charge in [-0.3, -0.25) is 4.90 Å². The summed E-state index contributed by atoms with van der Waals surface area (Å²) in [6, 6.07) is 0.251. The highest BCUT2D eigenvalue weighted by Crippen LogP contribution is 2.27. The van der Waals surface area contributed by atoms with Crippen molar-refractivity contribution in [3.05, 3.63) is 0 Å². The quantitative estimate of drug-likeness (QED) is 0.618. The SMILES string of the molecule is CC.CC(C)N1CCCC(F)(F)C1. The molecule has 0 unspecified atom stereocenters. The van der Waals surface area contributed by atoms with E-state index in [2.05, 4.69) is 0 Å². The van der Waals surface area contributed by atoms with Gasteiger partial charge in [-0.15, -0.1) is 0 Å². The van der Waals surface area contributed by atoms with Gasteiger partial charge in [-0.25, -0.2) is 8.78 Å². The van der Waals surface area contributed by atoms with Crippen molar-refractivity contribution < 1.29 is 8.78 Å². The third-order valence-electron chi connectivity index (χ3n) is 2.15. The standard InChI is InChI=1S/C8H15F2N.C2H6/c1-7(2)11-5-3-4-8(9,10)6-11;1-2/h7H,3-6H2,1-2H3;1-2H3. The maximum absolute atomic E-state index is 12.8. The highest BCUT2D eigenvalue weighted by Gasteiger charge is 2.35. The highest BCUT2D eigenvalue weighted by molar-refractivity contribution is 4.80. The maximum atomic E-state index is 12.8. The van der Waals surface area contributed by atoms with E-state index in [4.69, 9.17) is 0 Å². The topological polar surface area (TPSA) is 3.24 Å². The Labute approximate surface area is 80.1 Å². The summed E-state index contributed by atoms with van der Waals surface area (Å²) in [4.78, 5) is 1.84. The largest absolute Gasteiger partial charge is 0.295 e. The zero-order valence-corrected chi connectivity index (χ0v) is 9.11. The van der Waals surface area contributed by atoms with Crippen LogP contribution in [0.1, 0.15) is 40.5 Å². The molecule has 0 aliphatic carbocycles. The Balaban J connectivity index is 0.000000671. The van der Waals surface area contributed by atoms with Crippen molar-refractivity contribution in [2.75, 3.05) is 13.1 Å². The first-order valence-electron chi connectivity index (χ1n) is 5.13. The minimum atomic E-state index is -2.44. The van der Waals surface area contributed by atoms with E-state index in [1.54, 1.807) is 0 Å². The van der Waals surface area contributed by atoms with Crippen molar-refractivity contribution >= 4 is 0 Å². The van der Waals surface area contributed by atoms with E-state index in [-0.39, 0.29) is 19.0 Å². The van der Waals surface area contributed by atoms with Crippen LogP contribution in [-0.4, -0.2) is 30.0 Å². The molecule has 3 heteroatoms. The highest BCUT2D eigenvalue weighted by atomic mass is 19.3. The summed E-state index contributed by atoms with van der Waals surface area (Å²) < 4.78 is 25.5. The molecule has 80 valence electrons. The molecule has 0 aromatic heterocycles. The fraction of sp³-hybridized carbons (Fsp3) is 1.00. The van der Waals surface area contributed by atoms with Crippen LogP contribution in [-0.2, 0) is 0 Å². The Morgan fingerprint density at radius 2 is 1.77 bits per heavy atom. The third kappa shape index (κ3) is 4.55. The molecule has 1 nitrogen and oxygen atoms in total. The average Bonchev–Trinajstić information content (AvgIpc) is 2.06. The zero-order chi connectivity index (χ0) is 10.5. The Morgan fingerprint density at radius 3 is 2.08 bits per heavy atom. The third-order valence-corrected chi connectivity index (χ3v) is 2.15.